The van der Waals surface area contributed by atoms with Gasteiger partial charge < -0.3 is 10.5 Å². The Hall–Kier alpha value is -1.58. The summed E-state index contributed by atoms with van der Waals surface area (Å²) in [6.07, 6.45) is 4.07. The van der Waals surface area contributed by atoms with Gasteiger partial charge in [0, 0.05) is 24.0 Å². The molecule has 0 fully saturated rings. The fraction of sp³-hybridized carbons (Fsp3) is 0.312. The Morgan fingerprint density at radius 2 is 2.15 bits per heavy atom. The normalized spacial score (nSPS) is 13.8. The molecule has 0 aliphatic heterocycles. The number of ether oxygens (including phenoxy) is 1. The number of nitrogens with two attached hydrogens (primary N) is 1. The minimum atomic E-state index is -0.256. The molecule has 0 bridgehead atoms. The fourth-order valence-electron chi connectivity index (χ4n) is 2.00. The van der Waals surface area contributed by atoms with Crippen LogP contribution in [0, 0.1) is 6.92 Å². The maximum Gasteiger partial charge on any atom is 0.140 e. The number of hydrogen-bond acceptors (Lipinski definition) is 3. The Balaban J connectivity index is 2.31. The largest absolute Gasteiger partial charge is 0.482 e. The third-order valence-electron chi connectivity index (χ3n) is 3.21. The van der Waals surface area contributed by atoms with Gasteiger partial charge in [0.05, 0.1) is 5.02 Å². The summed E-state index contributed by atoms with van der Waals surface area (Å²) in [6.45, 7) is 4.04. The van der Waals surface area contributed by atoms with E-state index in [1.54, 1.807) is 12.4 Å². The Labute approximate surface area is 124 Å². The molecule has 2 unspecified atom stereocenters. The molecule has 0 spiro atoms. The Morgan fingerprint density at radius 1 is 1.35 bits per heavy atom. The third kappa shape index (κ3) is 3.50. The Bertz CT molecular complexity index is 560. The van der Waals surface area contributed by atoms with E-state index in [2.05, 4.69) is 4.98 Å². The van der Waals surface area contributed by atoms with Crippen molar-refractivity contribution in [3.05, 3.63) is 58.9 Å². The first kappa shape index (κ1) is 14.8. The second kappa shape index (κ2) is 6.73. The van der Waals surface area contributed by atoms with Crippen LogP contribution in [0.3, 0.4) is 0 Å². The molecule has 20 heavy (non-hydrogen) atoms. The number of aryl methyl sites for hydroxylation is 1. The standard InChI is InChI=1S/C16H19ClN2O/c1-3-14(18)16(12-5-4-8-19-10-12)20-15-9-11(2)6-7-13(15)17/h4-10,14,16H,3,18H2,1-2H3. The van der Waals surface area contributed by atoms with E-state index in [1.165, 1.54) is 0 Å². The van der Waals surface area contributed by atoms with Crippen molar-refractivity contribution in [2.24, 2.45) is 5.73 Å². The highest BCUT2D eigenvalue weighted by molar-refractivity contribution is 6.32. The second-order valence-electron chi connectivity index (χ2n) is 4.83. The van der Waals surface area contributed by atoms with E-state index in [0.717, 1.165) is 17.5 Å². The first-order valence-corrected chi connectivity index (χ1v) is 7.08. The van der Waals surface area contributed by atoms with E-state index in [9.17, 15) is 0 Å². The van der Waals surface area contributed by atoms with E-state index < -0.39 is 0 Å². The molecule has 3 nitrogen and oxygen atoms in total. The van der Waals surface area contributed by atoms with E-state index in [-0.39, 0.29) is 12.1 Å². The molecule has 0 radical (unpaired) electrons. The molecular weight excluding hydrogens is 272 g/mol. The highest BCUT2D eigenvalue weighted by Crippen LogP contribution is 2.31. The van der Waals surface area contributed by atoms with Gasteiger partial charge in [0.15, 0.2) is 0 Å². The summed E-state index contributed by atoms with van der Waals surface area (Å²) >= 11 is 6.19. The van der Waals surface area contributed by atoms with E-state index >= 15 is 0 Å². The maximum atomic E-state index is 6.19. The monoisotopic (exact) mass is 290 g/mol. The topological polar surface area (TPSA) is 48.1 Å². The van der Waals surface area contributed by atoms with Crippen molar-refractivity contribution in [3.63, 3.8) is 0 Å². The summed E-state index contributed by atoms with van der Waals surface area (Å²) in [5.74, 6) is 0.657. The van der Waals surface area contributed by atoms with Crippen LogP contribution < -0.4 is 10.5 Å². The summed E-state index contributed by atoms with van der Waals surface area (Å²) in [6, 6.07) is 9.45. The van der Waals surface area contributed by atoms with Crippen molar-refractivity contribution < 1.29 is 4.74 Å². The zero-order valence-corrected chi connectivity index (χ0v) is 12.5. The molecule has 2 N–H and O–H groups in total. The highest BCUT2D eigenvalue weighted by Gasteiger charge is 2.21. The maximum absolute atomic E-state index is 6.19. The molecule has 0 amide bonds. The van der Waals surface area contributed by atoms with Gasteiger partial charge in [-0.25, -0.2) is 0 Å². The summed E-state index contributed by atoms with van der Waals surface area (Å²) < 4.78 is 6.07. The number of halogens is 1. The quantitative estimate of drug-likeness (QED) is 0.908. The lowest BCUT2D eigenvalue weighted by Gasteiger charge is -2.25. The van der Waals surface area contributed by atoms with Gasteiger partial charge in [-0.05, 0) is 37.1 Å². The van der Waals surface area contributed by atoms with Crippen molar-refractivity contribution in [1.82, 2.24) is 4.98 Å². The fourth-order valence-corrected chi connectivity index (χ4v) is 2.16. The van der Waals surface area contributed by atoms with Gasteiger partial charge in [0.2, 0.25) is 0 Å². The summed E-state index contributed by atoms with van der Waals surface area (Å²) in [4.78, 5) is 4.14. The molecule has 2 atom stereocenters. The highest BCUT2D eigenvalue weighted by atomic mass is 35.5. The van der Waals surface area contributed by atoms with E-state index in [0.29, 0.717) is 10.8 Å². The lowest BCUT2D eigenvalue weighted by molar-refractivity contribution is 0.170. The predicted octanol–water partition coefficient (Wildman–Crippen LogP) is 3.90. The van der Waals surface area contributed by atoms with Crippen LogP contribution in [0.15, 0.2) is 42.7 Å². The molecule has 0 aliphatic carbocycles. The molecule has 0 aliphatic rings. The lowest BCUT2D eigenvalue weighted by Crippen LogP contribution is -2.31. The minimum absolute atomic E-state index is 0.115. The van der Waals surface area contributed by atoms with Gasteiger partial charge in [0.1, 0.15) is 11.9 Å². The first-order chi connectivity index (χ1) is 9.61. The van der Waals surface area contributed by atoms with Gasteiger partial charge in [-0.2, -0.15) is 0 Å². The van der Waals surface area contributed by atoms with Crippen molar-refractivity contribution in [2.75, 3.05) is 0 Å². The molecule has 1 heterocycles. The lowest BCUT2D eigenvalue weighted by atomic mass is 10.0. The van der Waals surface area contributed by atoms with E-state index in [4.69, 9.17) is 22.1 Å². The van der Waals surface area contributed by atoms with Crippen LogP contribution in [-0.2, 0) is 0 Å². The Morgan fingerprint density at radius 3 is 2.80 bits per heavy atom. The average Bonchev–Trinajstić information content (AvgIpc) is 2.48. The van der Waals surface area contributed by atoms with Gasteiger partial charge in [-0.3, -0.25) is 4.98 Å². The third-order valence-corrected chi connectivity index (χ3v) is 3.53. The number of hydrogen-bond donors (Lipinski definition) is 1. The molecule has 1 aromatic heterocycles. The molecule has 2 rings (SSSR count). The van der Waals surface area contributed by atoms with Crippen LogP contribution >= 0.6 is 11.6 Å². The van der Waals surface area contributed by atoms with Crippen LogP contribution in [0.5, 0.6) is 5.75 Å². The SMILES string of the molecule is CCC(N)C(Oc1cc(C)ccc1Cl)c1cccnc1. The van der Waals surface area contributed by atoms with Gasteiger partial charge in [-0.15, -0.1) is 0 Å². The van der Waals surface area contributed by atoms with Crippen molar-refractivity contribution >= 4 is 11.6 Å². The van der Waals surface area contributed by atoms with Crippen molar-refractivity contribution in [1.29, 1.82) is 0 Å². The van der Waals surface area contributed by atoms with Crippen LogP contribution in [0.25, 0.3) is 0 Å². The zero-order valence-electron chi connectivity index (χ0n) is 11.7. The second-order valence-corrected chi connectivity index (χ2v) is 5.24. The molecule has 4 heteroatoms. The zero-order chi connectivity index (χ0) is 14.5. The van der Waals surface area contributed by atoms with Crippen LogP contribution in [0.2, 0.25) is 5.02 Å². The summed E-state index contributed by atoms with van der Waals surface area (Å²) in [5.41, 5.74) is 8.24. The molecular formula is C16H19ClN2O. The Kier molecular flexibility index (Phi) is 4.99. The van der Waals surface area contributed by atoms with Gasteiger partial charge in [-0.1, -0.05) is 30.7 Å². The predicted molar refractivity (Wildman–Crippen MR) is 82.1 cm³/mol. The van der Waals surface area contributed by atoms with Crippen molar-refractivity contribution in [2.45, 2.75) is 32.4 Å². The van der Waals surface area contributed by atoms with Crippen LogP contribution in [-0.4, -0.2) is 11.0 Å². The number of benzene rings is 1. The summed E-state index contributed by atoms with van der Waals surface area (Å²) in [5, 5.41) is 0.591. The molecule has 0 saturated heterocycles. The van der Waals surface area contributed by atoms with Crippen molar-refractivity contribution in [3.8, 4) is 5.75 Å². The molecule has 106 valence electrons. The van der Waals surface area contributed by atoms with Crippen LogP contribution in [0.4, 0.5) is 0 Å². The molecule has 1 aromatic carbocycles. The smallest absolute Gasteiger partial charge is 0.140 e. The van der Waals surface area contributed by atoms with E-state index in [1.807, 2.05) is 44.2 Å². The number of nitrogens with zero attached hydrogens (tertiary/aromatic N) is 1. The number of aromatic nitrogens is 1. The number of rotatable bonds is 5. The van der Waals surface area contributed by atoms with Crippen LogP contribution in [0.1, 0.15) is 30.6 Å². The minimum Gasteiger partial charge on any atom is -0.482 e. The van der Waals surface area contributed by atoms with Gasteiger partial charge >= 0.3 is 0 Å². The molecule has 0 saturated carbocycles. The first-order valence-electron chi connectivity index (χ1n) is 6.70. The molecule has 2 aromatic rings. The van der Waals surface area contributed by atoms with Gasteiger partial charge in [0.25, 0.3) is 0 Å². The number of pyridine rings is 1. The average molecular weight is 291 g/mol. The summed E-state index contributed by atoms with van der Waals surface area (Å²) in [7, 11) is 0.